The Balaban J connectivity index is 1.96. The number of esters is 1. The van der Waals surface area contributed by atoms with Gasteiger partial charge in [-0.3, -0.25) is 4.79 Å². The maximum absolute atomic E-state index is 13.7. The summed E-state index contributed by atoms with van der Waals surface area (Å²) in [5.74, 6) is -0.0545. The first kappa shape index (κ1) is 20.3. The number of rotatable bonds is 5. The van der Waals surface area contributed by atoms with E-state index >= 15 is 0 Å². The van der Waals surface area contributed by atoms with Gasteiger partial charge in [-0.1, -0.05) is 12.1 Å². The molecule has 4 rings (SSSR count). The number of nitrogens with zero attached hydrogens (tertiary/aromatic N) is 1. The quantitative estimate of drug-likeness (QED) is 0.630. The fourth-order valence-corrected chi connectivity index (χ4v) is 3.80. The van der Waals surface area contributed by atoms with Crippen LogP contribution in [0.5, 0.6) is 11.5 Å². The number of nitrogens with two attached hydrogens (primary N) is 1. The van der Waals surface area contributed by atoms with Crippen LogP contribution in [0.25, 0.3) is 0 Å². The minimum Gasteiger partial charge on any atom is -0.497 e. The SMILES string of the molecule is COC(=O)C1=C(N)Oc2cc(C)n(Cc3ccco3)c(=O)c2C1c1cccc(OC)c1. The third kappa shape index (κ3) is 3.56. The largest absolute Gasteiger partial charge is 0.497 e. The van der Waals surface area contributed by atoms with Gasteiger partial charge < -0.3 is 28.9 Å². The second-order valence-electron chi connectivity index (χ2n) is 7.12. The maximum atomic E-state index is 13.7. The summed E-state index contributed by atoms with van der Waals surface area (Å²) in [7, 11) is 2.80. The normalized spacial score (nSPS) is 15.3. The van der Waals surface area contributed by atoms with Crippen molar-refractivity contribution in [1.82, 2.24) is 4.57 Å². The lowest BCUT2D eigenvalue weighted by molar-refractivity contribution is -0.136. The molecule has 2 aromatic heterocycles. The molecular formula is C23H22N2O6. The van der Waals surface area contributed by atoms with Gasteiger partial charge in [0.1, 0.15) is 22.8 Å². The number of ether oxygens (including phenoxy) is 3. The molecule has 1 unspecified atom stereocenters. The fourth-order valence-electron chi connectivity index (χ4n) is 3.80. The van der Waals surface area contributed by atoms with Crippen molar-refractivity contribution in [2.45, 2.75) is 19.4 Å². The molecule has 0 spiro atoms. The van der Waals surface area contributed by atoms with E-state index in [0.29, 0.717) is 34.1 Å². The first-order valence-electron chi connectivity index (χ1n) is 9.61. The molecule has 0 fully saturated rings. The number of carbonyl (C=O) groups excluding carboxylic acids is 1. The highest BCUT2D eigenvalue weighted by atomic mass is 16.5. The van der Waals surface area contributed by atoms with E-state index in [9.17, 15) is 9.59 Å². The third-order valence-corrected chi connectivity index (χ3v) is 5.30. The Hall–Kier alpha value is -3.94. The predicted molar refractivity (Wildman–Crippen MR) is 112 cm³/mol. The van der Waals surface area contributed by atoms with Crippen LogP contribution in [-0.4, -0.2) is 24.8 Å². The van der Waals surface area contributed by atoms with Crippen molar-refractivity contribution in [3.8, 4) is 11.5 Å². The zero-order valence-electron chi connectivity index (χ0n) is 17.4. The average Bonchev–Trinajstić information content (AvgIpc) is 3.28. The molecule has 0 radical (unpaired) electrons. The van der Waals surface area contributed by atoms with Crippen molar-refractivity contribution in [1.29, 1.82) is 0 Å². The number of hydrogen-bond acceptors (Lipinski definition) is 7. The number of carbonyl (C=O) groups is 1. The minimum absolute atomic E-state index is 0.0637. The Morgan fingerprint density at radius 3 is 2.68 bits per heavy atom. The zero-order valence-corrected chi connectivity index (χ0v) is 17.4. The van der Waals surface area contributed by atoms with Crippen LogP contribution in [0.15, 0.2) is 69.4 Å². The van der Waals surface area contributed by atoms with Gasteiger partial charge in [0.25, 0.3) is 5.56 Å². The Morgan fingerprint density at radius 2 is 2.00 bits per heavy atom. The molecule has 8 heteroatoms. The highest BCUT2D eigenvalue weighted by Crippen LogP contribution is 2.42. The molecule has 1 aromatic carbocycles. The van der Waals surface area contributed by atoms with Crippen molar-refractivity contribution < 1.29 is 23.4 Å². The second kappa shape index (κ2) is 8.06. The van der Waals surface area contributed by atoms with E-state index in [1.165, 1.54) is 7.11 Å². The molecule has 0 saturated heterocycles. The number of benzene rings is 1. The van der Waals surface area contributed by atoms with Crippen molar-refractivity contribution in [2.75, 3.05) is 14.2 Å². The van der Waals surface area contributed by atoms with Gasteiger partial charge in [0, 0.05) is 11.8 Å². The first-order valence-corrected chi connectivity index (χ1v) is 9.61. The van der Waals surface area contributed by atoms with E-state index in [-0.39, 0.29) is 23.6 Å². The average molecular weight is 422 g/mol. The van der Waals surface area contributed by atoms with Crippen LogP contribution < -0.4 is 20.8 Å². The topological polar surface area (TPSA) is 106 Å². The Kier molecular flexibility index (Phi) is 5.29. The summed E-state index contributed by atoms with van der Waals surface area (Å²) in [4.78, 5) is 26.3. The lowest BCUT2D eigenvalue weighted by Gasteiger charge is -2.29. The smallest absolute Gasteiger partial charge is 0.340 e. The number of furan rings is 1. The van der Waals surface area contributed by atoms with Gasteiger partial charge in [-0.2, -0.15) is 0 Å². The molecule has 3 heterocycles. The van der Waals surface area contributed by atoms with Gasteiger partial charge >= 0.3 is 5.97 Å². The third-order valence-electron chi connectivity index (χ3n) is 5.30. The molecular weight excluding hydrogens is 400 g/mol. The first-order chi connectivity index (χ1) is 14.9. The highest BCUT2D eigenvalue weighted by Gasteiger charge is 2.38. The molecule has 0 saturated carbocycles. The molecule has 1 aliphatic rings. The predicted octanol–water partition coefficient (Wildman–Crippen LogP) is 2.67. The van der Waals surface area contributed by atoms with Gasteiger partial charge in [0.2, 0.25) is 5.88 Å². The number of aryl methyl sites for hydroxylation is 1. The van der Waals surface area contributed by atoms with Crippen molar-refractivity contribution >= 4 is 5.97 Å². The molecule has 2 N–H and O–H groups in total. The maximum Gasteiger partial charge on any atom is 0.340 e. The summed E-state index contributed by atoms with van der Waals surface area (Å²) in [6.07, 6.45) is 1.55. The molecule has 3 aromatic rings. The minimum atomic E-state index is -0.790. The van der Waals surface area contributed by atoms with Crippen LogP contribution in [0.1, 0.15) is 28.5 Å². The molecule has 1 aliphatic heterocycles. The summed E-state index contributed by atoms with van der Waals surface area (Å²) >= 11 is 0. The standard InChI is InChI=1S/C23H22N2O6/c1-13-10-17-19(22(26)25(13)12-16-8-5-9-30-16)18(14-6-4-7-15(11-14)28-2)20(21(24)31-17)23(27)29-3/h4-11,18H,12,24H2,1-3H3. The molecule has 0 aliphatic carbocycles. The Bertz CT molecular complexity index is 1220. The lowest BCUT2D eigenvalue weighted by atomic mass is 9.83. The van der Waals surface area contributed by atoms with E-state index in [4.69, 9.17) is 24.4 Å². The zero-order chi connectivity index (χ0) is 22.1. The van der Waals surface area contributed by atoms with Gasteiger partial charge in [-0.25, -0.2) is 4.79 Å². The van der Waals surface area contributed by atoms with E-state index in [1.54, 1.807) is 67.3 Å². The van der Waals surface area contributed by atoms with Crippen LogP contribution >= 0.6 is 0 Å². The van der Waals surface area contributed by atoms with Crippen LogP contribution in [0.4, 0.5) is 0 Å². The molecule has 0 amide bonds. The summed E-state index contributed by atoms with van der Waals surface area (Å²) in [6, 6.07) is 12.4. The van der Waals surface area contributed by atoms with Gasteiger partial charge in [-0.05, 0) is 36.8 Å². The number of hydrogen-bond donors (Lipinski definition) is 1. The van der Waals surface area contributed by atoms with Crippen molar-refractivity contribution in [2.24, 2.45) is 5.73 Å². The number of aromatic nitrogens is 1. The highest BCUT2D eigenvalue weighted by molar-refractivity contribution is 5.92. The Morgan fingerprint density at radius 1 is 1.19 bits per heavy atom. The molecule has 1 atom stereocenters. The number of fused-ring (bicyclic) bond motifs is 1. The van der Waals surface area contributed by atoms with E-state index in [2.05, 4.69) is 0 Å². The summed E-state index contributed by atoms with van der Waals surface area (Å²) in [5, 5.41) is 0. The van der Waals surface area contributed by atoms with E-state index in [1.807, 2.05) is 0 Å². The number of methoxy groups -OCH3 is 2. The van der Waals surface area contributed by atoms with E-state index < -0.39 is 11.9 Å². The van der Waals surface area contributed by atoms with Crippen LogP contribution in [0.3, 0.4) is 0 Å². The van der Waals surface area contributed by atoms with Crippen molar-refractivity contribution in [3.05, 3.63) is 93.1 Å². The second-order valence-corrected chi connectivity index (χ2v) is 7.12. The van der Waals surface area contributed by atoms with Crippen LogP contribution in [-0.2, 0) is 16.1 Å². The summed E-state index contributed by atoms with van der Waals surface area (Å²) in [6.45, 7) is 2.03. The molecule has 31 heavy (non-hydrogen) atoms. The summed E-state index contributed by atoms with van der Waals surface area (Å²) in [5.41, 5.74) is 7.48. The molecule has 160 valence electrons. The summed E-state index contributed by atoms with van der Waals surface area (Å²) < 4.78 is 23.0. The Labute approximate surface area is 178 Å². The van der Waals surface area contributed by atoms with Crippen LogP contribution in [0, 0.1) is 6.92 Å². The van der Waals surface area contributed by atoms with Crippen LogP contribution in [0.2, 0.25) is 0 Å². The van der Waals surface area contributed by atoms with E-state index in [0.717, 1.165) is 0 Å². The molecule has 0 bridgehead atoms. The van der Waals surface area contributed by atoms with Crippen molar-refractivity contribution in [3.63, 3.8) is 0 Å². The number of pyridine rings is 1. The van der Waals surface area contributed by atoms with Gasteiger partial charge in [0.05, 0.1) is 38.5 Å². The van der Waals surface area contributed by atoms with Gasteiger partial charge in [-0.15, -0.1) is 0 Å². The fraction of sp³-hybridized carbons (Fsp3) is 0.217. The monoisotopic (exact) mass is 422 g/mol. The molecule has 8 nitrogen and oxygen atoms in total. The van der Waals surface area contributed by atoms with Gasteiger partial charge in [0.15, 0.2) is 0 Å². The lowest BCUT2D eigenvalue weighted by Crippen LogP contribution is -2.35.